The van der Waals surface area contributed by atoms with Crippen molar-refractivity contribution >= 4 is 22.6 Å². The highest BCUT2D eigenvalue weighted by Gasteiger charge is 2.20. The minimum absolute atomic E-state index is 0.398. The molecule has 1 fully saturated rings. The van der Waals surface area contributed by atoms with Crippen LogP contribution in [0, 0.1) is 12.8 Å². The van der Waals surface area contributed by atoms with E-state index in [1.807, 2.05) is 43.2 Å². The Morgan fingerprint density at radius 3 is 3.00 bits per heavy atom. The van der Waals surface area contributed by atoms with Crippen LogP contribution in [-0.2, 0) is 18.2 Å². The summed E-state index contributed by atoms with van der Waals surface area (Å²) < 4.78 is 19.9. The van der Waals surface area contributed by atoms with Crippen molar-refractivity contribution in [1.82, 2.24) is 28.7 Å². The predicted octanol–water partition coefficient (Wildman–Crippen LogP) is 2.93. The van der Waals surface area contributed by atoms with Gasteiger partial charge < -0.3 is 14.0 Å². The highest BCUT2D eigenvalue weighted by Crippen LogP contribution is 2.28. The van der Waals surface area contributed by atoms with Gasteiger partial charge in [0.15, 0.2) is 0 Å². The van der Waals surface area contributed by atoms with Gasteiger partial charge in [0.25, 0.3) is 0 Å². The van der Waals surface area contributed by atoms with E-state index in [2.05, 4.69) is 15.5 Å². The normalized spacial score (nSPS) is 16.7. The van der Waals surface area contributed by atoms with Crippen LogP contribution in [0.2, 0.25) is 0 Å². The van der Waals surface area contributed by atoms with Crippen LogP contribution in [0.3, 0.4) is 0 Å². The highest BCUT2D eigenvalue weighted by atomic mass is 32.1. The Bertz CT molecular complexity index is 1140. The van der Waals surface area contributed by atoms with Gasteiger partial charge in [-0.3, -0.25) is 4.68 Å². The first-order chi connectivity index (χ1) is 14.2. The number of fused-ring (bicyclic) bond motifs is 1. The van der Waals surface area contributed by atoms with E-state index in [0.717, 1.165) is 52.8 Å². The molecule has 0 amide bonds. The van der Waals surface area contributed by atoms with Crippen LogP contribution in [-0.4, -0.2) is 48.5 Å². The summed E-state index contributed by atoms with van der Waals surface area (Å²) in [6, 6.07) is 4.08. The third kappa shape index (κ3) is 3.75. The molecular formula is C20H22N6O2S. The van der Waals surface area contributed by atoms with Gasteiger partial charge in [0.05, 0.1) is 36.3 Å². The molecule has 1 unspecified atom stereocenters. The summed E-state index contributed by atoms with van der Waals surface area (Å²) in [4.78, 5) is 10.7. The Morgan fingerprint density at radius 1 is 1.34 bits per heavy atom. The third-order valence-corrected chi connectivity index (χ3v) is 5.88. The zero-order chi connectivity index (χ0) is 19.8. The minimum Gasteiger partial charge on any atom is -0.476 e. The van der Waals surface area contributed by atoms with Crippen LogP contribution < -0.4 is 4.74 Å². The summed E-state index contributed by atoms with van der Waals surface area (Å²) in [6.07, 6.45) is 7.43. The molecule has 4 aromatic rings. The van der Waals surface area contributed by atoms with Gasteiger partial charge in [-0.1, -0.05) is 0 Å². The lowest BCUT2D eigenvalue weighted by molar-refractivity contribution is 0.166. The molecule has 1 aliphatic rings. The van der Waals surface area contributed by atoms with E-state index in [4.69, 9.17) is 19.4 Å². The Labute approximate surface area is 172 Å². The fourth-order valence-corrected chi connectivity index (χ4v) is 4.28. The van der Waals surface area contributed by atoms with Gasteiger partial charge in [-0.05, 0) is 37.0 Å². The molecular weight excluding hydrogens is 388 g/mol. The summed E-state index contributed by atoms with van der Waals surface area (Å²) in [7, 11) is 1.90. The largest absolute Gasteiger partial charge is 0.476 e. The summed E-state index contributed by atoms with van der Waals surface area (Å²) in [5.41, 5.74) is 3.69. The van der Waals surface area contributed by atoms with Gasteiger partial charge >= 0.3 is 0 Å². The van der Waals surface area contributed by atoms with Crippen molar-refractivity contribution in [3.8, 4) is 11.6 Å². The van der Waals surface area contributed by atoms with Gasteiger partial charge in [0, 0.05) is 43.3 Å². The van der Waals surface area contributed by atoms with Gasteiger partial charge in [0.2, 0.25) is 5.88 Å². The molecule has 0 spiro atoms. The molecule has 5 heterocycles. The molecule has 9 heteroatoms. The van der Waals surface area contributed by atoms with Crippen LogP contribution in [0.1, 0.15) is 22.8 Å². The van der Waals surface area contributed by atoms with Crippen LogP contribution >= 0.6 is 11.5 Å². The lowest BCUT2D eigenvalue weighted by atomic mass is 10.1. The molecule has 0 aliphatic carbocycles. The topological polar surface area (TPSA) is 79.9 Å². The van der Waals surface area contributed by atoms with Crippen molar-refractivity contribution in [2.75, 3.05) is 19.8 Å². The average molecular weight is 411 g/mol. The zero-order valence-electron chi connectivity index (χ0n) is 16.4. The first-order valence-corrected chi connectivity index (χ1v) is 10.4. The Morgan fingerprint density at radius 2 is 2.28 bits per heavy atom. The summed E-state index contributed by atoms with van der Waals surface area (Å²) in [5, 5.41) is 4.29. The fraction of sp³-hybridized carbons (Fsp3) is 0.400. The molecule has 0 N–H and O–H groups in total. The predicted molar refractivity (Wildman–Crippen MR) is 110 cm³/mol. The second-order valence-corrected chi connectivity index (χ2v) is 8.28. The second kappa shape index (κ2) is 7.57. The van der Waals surface area contributed by atoms with E-state index in [1.165, 1.54) is 11.5 Å². The average Bonchev–Trinajstić information content (AvgIpc) is 3.47. The second-order valence-electron chi connectivity index (χ2n) is 7.39. The van der Waals surface area contributed by atoms with Crippen molar-refractivity contribution < 1.29 is 9.47 Å². The molecule has 1 aliphatic heterocycles. The fourth-order valence-electron chi connectivity index (χ4n) is 3.55. The molecule has 8 nitrogen and oxygen atoms in total. The third-order valence-electron chi connectivity index (χ3n) is 5.01. The smallest absolute Gasteiger partial charge is 0.242 e. The van der Waals surface area contributed by atoms with E-state index >= 15 is 0 Å². The maximum Gasteiger partial charge on any atom is 0.242 e. The lowest BCUT2D eigenvalue weighted by Gasteiger charge is -2.13. The van der Waals surface area contributed by atoms with Crippen LogP contribution in [0.25, 0.3) is 16.7 Å². The Kier molecular flexibility index (Phi) is 4.76. The van der Waals surface area contributed by atoms with Gasteiger partial charge in [0.1, 0.15) is 11.3 Å². The van der Waals surface area contributed by atoms with Crippen LogP contribution in [0.4, 0.5) is 0 Å². The Balaban J connectivity index is 1.54. The molecule has 1 saturated heterocycles. The molecule has 29 heavy (non-hydrogen) atoms. The van der Waals surface area contributed by atoms with Crippen molar-refractivity contribution in [3.63, 3.8) is 0 Å². The summed E-state index contributed by atoms with van der Waals surface area (Å²) >= 11 is 1.49. The van der Waals surface area contributed by atoms with Crippen molar-refractivity contribution in [3.05, 3.63) is 47.1 Å². The number of hydrogen-bond acceptors (Lipinski definition) is 7. The van der Waals surface area contributed by atoms with Gasteiger partial charge in [-0.15, -0.1) is 0 Å². The number of rotatable bonds is 6. The maximum atomic E-state index is 6.22. The number of hydrogen-bond donors (Lipinski definition) is 0. The van der Waals surface area contributed by atoms with Crippen LogP contribution in [0.5, 0.6) is 5.88 Å². The van der Waals surface area contributed by atoms with Gasteiger partial charge in [-0.2, -0.15) is 14.5 Å². The number of ether oxygens (including phenoxy) is 2. The standard InChI is InChI=1S/C20H22N6O2S/c1-13-7-16(29-24-13)8-18-22-17-3-5-26(15-9-21-25(2)10-15)19(17)20(23-18)28-12-14-4-6-27-11-14/h3,5,7,9-10,14H,4,6,8,11-12H2,1-2H3. The SMILES string of the molecule is Cc1cc(Cc2nc(OCC3CCOC3)c3c(ccn3-c3cnn(C)c3)n2)sn1. The number of nitrogens with zero attached hydrogens (tertiary/aromatic N) is 6. The number of aromatic nitrogens is 6. The van der Waals surface area contributed by atoms with Crippen molar-refractivity contribution in [2.45, 2.75) is 19.8 Å². The van der Waals surface area contributed by atoms with Gasteiger partial charge in [-0.25, -0.2) is 4.98 Å². The van der Waals surface area contributed by atoms with Crippen LogP contribution in [0.15, 0.2) is 30.7 Å². The quantitative estimate of drug-likeness (QED) is 0.486. The van der Waals surface area contributed by atoms with Crippen molar-refractivity contribution in [1.29, 1.82) is 0 Å². The first-order valence-electron chi connectivity index (χ1n) is 9.65. The summed E-state index contributed by atoms with van der Waals surface area (Å²) in [6.45, 7) is 4.12. The monoisotopic (exact) mass is 410 g/mol. The first kappa shape index (κ1) is 18.3. The highest BCUT2D eigenvalue weighted by molar-refractivity contribution is 7.05. The molecule has 150 valence electrons. The Hall–Kier alpha value is -2.78. The molecule has 0 aromatic carbocycles. The van der Waals surface area contributed by atoms with E-state index in [-0.39, 0.29) is 0 Å². The lowest BCUT2D eigenvalue weighted by Crippen LogP contribution is -2.14. The molecule has 0 saturated carbocycles. The molecule has 4 aromatic heterocycles. The number of aryl methyl sites for hydroxylation is 2. The molecule has 0 bridgehead atoms. The zero-order valence-corrected chi connectivity index (χ0v) is 17.2. The maximum absolute atomic E-state index is 6.22. The van der Waals surface area contributed by atoms with E-state index in [0.29, 0.717) is 24.8 Å². The molecule has 0 radical (unpaired) electrons. The van der Waals surface area contributed by atoms with E-state index in [9.17, 15) is 0 Å². The van der Waals surface area contributed by atoms with E-state index < -0.39 is 0 Å². The van der Waals surface area contributed by atoms with E-state index in [1.54, 1.807) is 4.68 Å². The molecule has 5 rings (SSSR count). The minimum atomic E-state index is 0.398. The van der Waals surface area contributed by atoms with Crippen molar-refractivity contribution in [2.24, 2.45) is 13.0 Å². The molecule has 1 atom stereocenters. The summed E-state index contributed by atoms with van der Waals surface area (Å²) in [5.74, 6) is 1.74.